The largest absolute Gasteiger partial charge is 0.464 e. The smallest absolute Gasteiger partial charge is 0.414 e. The van der Waals surface area contributed by atoms with Gasteiger partial charge in [-0.05, 0) is 18.4 Å². The molecule has 0 aromatic rings. The summed E-state index contributed by atoms with van der Waals surface area (Å²) >= 11 is 1.29. The van der Waals surface area contributed by atoms with E-state index in [1.807, 2.05) is 0 Å². The van der Waals surface area contributed by atoms with Gasteiger partial charge in [-0.3, -0.25) is 4.72 Å². The lowest BCUT2D eigenvalue weighted by molar-refractivity contribution is 0.202. The van der Waals surface area contributed by atoms with Crippen molar-refractivity contribution < 1.29 is 9.90 Å². The van der Waals surface area contributed by atoms with Gasteiger partial charge in [0.25, 0.3) is 0 Å². The monoisotopic (exact) mass is 261 g/mol. The number of carbonyl (C=O) groups is 1. The minimum absolute atomic E-state index is 0.892. The molecule has 0 aromatic heterocycles. The average Bonchev–Trinajstić information content (AvgIpc) is 2.30. The third kappa shape index (κ3) is 15.6. The normalized spacial score (nSPS) is 10.4. The van der Waals surface area contributed by atoms with Crippen molar-refractivity contribution in [1.82, 2.24) is 4.72 Å². The summed E-state index contributed by atoms with van der Waals surface area (Å²) < 4.78 is 2.31. The van der Waals surface area contributed by atoms with Crippen LogP contribution < -0.4 is 4.72 Å². The Hall–Kier alpha value is -0.380. The Balaban J connectivity index is 2.91. The number of carboxylic acid groups (broad SMARTS) is 1. The molecule has 0 spiro atoms. The first-order valence-corrected chi connectivity index (χ1v) is 7.86. The molecular weight excluding hydrogens is 234 g/mol. The fraction of sp³-hybridized carbons (Fsp3) is 0.923. The number of hydrogen-bond donors (Lipinski definition) is 2. The molecule has 0 fully saturated rings. The molecule has 0 radical (unpaired) electrons. The highest BCUT2D eigenvalue weighted by Crippen LogP contribution is 2.11. The fourth-order valence-corrected chi connectivity index (χ4v) is 2.35. The van der Waals surface area contributed by atoms with Gasteiger partial charge in [0.05, 0.1) is 0 Å². The summed E-state index contributed by atoms with van der Waals surface area (Å²) in [6, 6.07) is 0. The van der Waals surface area contributed by atoms with E-state index < -0.39 is 6.09 Å². The fourth-order valence-electron chi connectivity index (χ4n) is 1.77. The average molecular weight is 261 g/mol. The first-order valence-electron chi connectivity index (χ1n) is 6.88. The van der Waals surface area contributed by atoms with Crippen LogP contribution in [0.4, 0.5) is 4.79 Å². The zero-order valence-electron chi connectivity index (χ0n) is 11.0. The van der Waals surface area contributed by atoms with Crippen LogP contribution in [0.1, 0.15) is 71.1 Å². The van der Waals surface area contributed by atoms with Crippen molar-refractivity contribution in [2.45, 2.75) is 71.1 Å². The molecule has 0 aromatic carbocycles. The predicted octanol–water partition coefficient (Wildman–Crippen LogP) is 4.82. The van der Waals surface area contributed by atoms with Gasteiger partial charge in [-0.25, -0.2) is 4.79 Å². The van der Waals surface area contributed by atoms with Crippen molar-refractivity contribution in [3.05, 3.63) is 0 Å². The topological polar surface area (TPSA) is 49.3 Å². The van der Waals surface area contributed by atoms with E-state index in [4.69, 9.17) is 5.11 Å². The van der Waals surface area contributed by atoms with E-state index in [1.54, 1.807) is 0 Å². The van der Waals surface area contributed by atoms with Gasteiger partial charge in [-0.1, -0.05) is 64.7 Å². The third-order valence-electron chi connectivity index (χ3n) is 2.76. The Bertz CT molecular complexity index is 177. The van der Waals surface area contributed by atoms with E-state index in [-0.39, 0.29) is 0 Å². The van der Waals surface area contributed by atoms with Crippen molar-refractivity contribution >= 4 is 18.0 Å². The lowest BCUT2D eigenvalue weighted by atomic mass is 10.1. The van der Waals surface area contributed by atoms with Crippen molar-refractivity contribution in [1.29, 1.82) is 0 Å². The Morgan fingerprint density at radius 2 is 1.41 bits per heavy atom. The van der Waals surface area contributed by atoms with Crippen LogP contribution in [0.25, 0.3) is 0 Å². The molecule has 0 bridgehead atoms. The van der Waals surface area contributed by atoms with Crippen molar-refractivity contribution in [3.8, 4) is 0 Å². The highest BCUT2D eigenvalue weighted by atomic mass is 32.2. The number of unbranched alkanes of at least 4 members (excludes halogenated alkanes) is 9. The van der Waals surface area contributed by atoms with Crippen LogP contribution >= 0.6 is 11.9 Å². The molecule has 2 N–H and O–H groups in total. The number of rotatable bonds is 12. The van der Waals surface area contributed by atoms with E-state index in [9.17, 15) is 4.79 Å². The Kier molecular flexibility index (Phi) is 13.4. The minimum Gasteiger partial charge on any atom is -0.464 e. The summed E-state index contributed by atoms with van der Waals surface area (Å²) in [6.45, 7) is 2.25. The molecule has 0 saturated heterocycles. The quantitative estimate of drug-likeness (QED) is 0.391. The van der Waals surface area contributed by atoms with Gasteiger partial charge >= 0.3 is 6.09 Å². The number of hydrogen-bond acceptors (Lipinski definition) is 2. The molecule has 17 heavy (non-hydrogen) atoms. The summed E-state index contributed by atoms with van der Waals surface area (Å²) in [5.41, 5.74) is 0. The second-order valence-electron chi connectivity index (χ2n) is 4.44. The van der Waals surface area contributed by atoms with Gasteiger partial charge in [0.2, 0.25) is 0 Å². The lowest BCUT2D eigenvalue weighted by Crippen LogP contribution is -2.12. The van der Waals surface area contributed by atoms with Crippen LogP contribution in [-0.2, 0) is 0 Å². The van der Waals surface area contributed by atoms with Gasteiger partial charge in [0, 0.05) is 5.75 Å². The molecule has 0 saturated carbocycles. The van der Waals surface area contributed by atoms with Crippen molar-refractivity contribution in [2.24, 2.45) is 0 Å². The van der Waals surface area contributed by atoms with Crippen LogP contribution in [0.2, 0.25) is 0 Å². The van der Waals surface area contributed by atoms with E-state index in [0.29, 0.717) is 0 Å². The van der Waals surface area contributed by atoms with E-state index in [2.05, 4.69) is 11.6 Å². The van der Waals surface area contributed by atoms with Crippen LogP contribution in [0.3, 0.4) is 0 Å². The van der Waals surface area contributed by atoms with Gasteiger partial charge in [-0.15, -0.1) is 0 Å². The Labute approximate surface area is 110 Å². The summed E-state index contributed by atoms with van der Waals surface area (Å²) in [4.78, 5) is 10.1. The molecule has 3 nitrogen and oxygen atoms in total. The maximum absolute atomic E-state index is 10.1. The zero-order chi connectivity index (χ0) is 12.8. The molecule has 0 unspecified atom stereocenters. The molecule has 1 amide bonds. The summed E-state index contributed by atoms with van der Waals surface area (Å²) in [5.74, 6) is 0.892. The first-order chi connectivity index (χ1) is 8.27. The second-order valence-corrected chi connectivity index (χ2v) is 5.34. The lowest BCUT2D eigenvalue weighted by Gasteiger charge is -2.02. The Morgan fingerprint density at radius 3 is 1.88 bits per heavy atom. The molecule has 0 aliphatic heterocycles. The van der Waals surface area contributed by atoms with Crippen molar-refractivity contribution in [3.63, 3.8) is 0 Å². The van der Waals surface area contributed by atoms with Crippen molar-refractivity contribution in [2.75, 3.05) is 5.75 Å². The molecule has 0 heterocycles. The maximum Gasteiger partial charge on any atom is 0.414 e. The highest BCUT2D eigenvalue weighted by Gasteiger charge is 1.95. The standard InChI is InChI=1S/C13H27NO2S/c1-2-3-4-5-6-7-8-9-10-11-12-17-14-13(15)16/h14H,2-12H2,1H3,(H,15,16). The van der Waals surface area contributed by atoms with Crippen LogP contribution in [0, 0.1) is 0 Å². The molecule has 0 atom stereocenters. The SMILES string of the molecule is CCCCCCCCCCCCSNC(=O)O. The van der Waals surface area contributed by atoms with Crippen LogP contribution in [0.5, 0.6) is 0 Å². The molecule has 102 valence electrons. The number of amides is 1. The minimum atomic E-state index is -0.943. The molecule has 0 aliphatic carbocycles. The molecule has 4 heteroatoms. The first kappa shape index (κ1) is 16.6. The molecule has 0 aliphatic rings. The van der Waals surface area contributed by atoms with Gasteiger partial charge in [-0.2, -0.15) is 0 Å². The summed E-state index contributed by atoms with van der Waals surface area (Å²) in [7, 11) is 0. The van der Waals surface area contributed by atoms with Gasteiger partial charge < -0.3 is 5.11 Å². The molecular formula is C13H27NO2S. The predicted molar refractivity (Wildman–Crippen MR) is 75.5 cm³/mol. The number of nitrogens with one attached hydrogen (secondary N) is 1. The van der Waals surface area contributed by atoms with Gasteiger partial charge in [0.15, 0.2) is 0 Å². The van der Waals surface area contributed by atoms with E-state index in [1.165, 1.54) is 69.7 Å². The van der Waals surface area contributed by atoms with E-state index in [0.717, 1.165) is 12.2 Å². The summed E-state index contributed by atoms with van der Waals surface area (Å²) in [6.07, 6.45) is 12.3. The van der Waals surface area contributed by atoms with Gasteiger partial charge in [0.1, 0.15) is 0 Å². The zero-order valence-corrected chi connectivity index (χ0v) is 11.9. The maximum atomic E-state index is 10.1. The third-order valence-corrected chi connectivity index (χ3v) is 3.57. The highest BCUT2D eigenvalue weighted by molar-refractivity contribution is 7.97. The summed E-state index contributed by atoms with van der Waals surface area (Å²) in [5, 5.41) is 8.34. The van der Waals surface area contributed by atoms with Crippen LogP contribution in [0.15, 0.2) is 0 Å². The molecule has 0 rings (SSSR count). The van der Waals surface area contributed by atoms with Crippen LogP contribution in [-0.4, -0.2) is 17.0 Å². The Morgan fingerprint density at radius 1 is 0.941 bits per heavy atom. The second kappa shape index (κ2) is 13.7. The van der Waals surface area contributed by atoms with E-state index >= 15 is 0 Å².